The molecule has 5 N–H and O–H groups in total. The quantitative estimate of drug-likeness (QED) is 0.419. The molecule has 1 aliphatic heterocycles. The predicted octanol–water partition coefficient (Wildman–Crippen LogP) is 3.18. The molecule has 2 rings (SSSR count). The molecule has 1 aromatic rings. The molecule has 1 fully saturated rings. The Bertz CT molecular complexity index is 959. The van der Waals surface area contributed by atoms with Crippen LogP contribution in [0.25, 0.3) is 5.57 Å². The Morgan fingerprint density at radius 2 is 1.86 bits per heavy atom. The van der Waals surface area contributed by atoms with Crippen molar-refractivity contribution < 1.29 is 19.1 Å². The number of alkyl carbamates (subject to hydrolysis) is 1. The first-order chi connectivity index (χ1) is 16.3. The number of likely N-dealkylation sites (tertiary alicyclic amines) is 1. The zero-order valence-corrected chi connectivity index (χ0v) is 21.6. The molecule has 0 bridgehead atoms. The second-order valence-corrected chi connectivity index (χ2v) is 10.2. The Kier molecular flexibility index (Phi) is 9.45. The minimum absolute atomic E-state index is 0.171. The number of allylic oxidation sites excluding steroid dienone is 2. The molecule has 3 amide bonds. The van der Waals surface area contributed by atoms with E-state index >= 15 is 0 Å². The predicted molar refractivity (Wildman–Crippen MR) is 137 cm³/mol. The van der Waals surface area contributed by atoms with E-state index in [1.54, 1.807) is 32.6 Å². The third-order valence-electron chi connectivity index (χ3n) is 5.74. The molecule has 192 valence electrons. The summed E-state index contributed by atoms with van der Waals surface area (Å²) in [7, 11) is 0. The van der Waals surface area contributed by atoms with E-state index < -0.39 is 23.8 Å². The van der Waals surface area contributed by atoms with Gasteiger partial charge in [-0.25, -0.2) is 4.79 Å². The smallest absolute Gasteiger partial charge is 0.408 e. The molecule has 1 saturated heterocycles. The zero-order valence-electron chi connectivity index (χ0n) is 21.6. The summed E-state index contributed by atoms with van der Waals surface area (Å²) < 4.78 is 5.31. The van der Waals surface area contributed by atoms with Gasteiger partial charge in [0.05, 0.1) is 0 Å². The van der Waals surface area contributed by atoms with Gasteiger partial charge in [0.25, 0.3) is 0 Å². The first kappa shape index (κ1) is 27.9. The SMILES string of the molecule is C/C(N)=C(/C=N)c1ccc(CNC(=O)C2CCCN2C(=O)C(NC(=O)OC(C)(C)C)C(C)C)cc1. The van der Waals surface area contributed by atoms with Crippen LogP contribution in [0, 0.1) is 11.3 Å². The molecular weight excluding hydrogens is 446 g/mol. The van der Waals surface area contributed by atoms with Crippen LogP contribution >= 0.6 is 0 Å². The fourth-order valence-electron chi connectivity index (χ4n) is 3.96. The lowest BCUT2D eigenvalue weighted by molar-refractivity contribution is -0.140. The van der Waals surface area contributed by atoms with E-state index in [2.05, 4.69) is 10.6 Å². The van der Waals surface area contributed by atoms with Crippen LogP contribution in [-0.2, 0) is 20.9 Å². The fraction of sp³-hybridized carbons (Fsp3) is 0.538. The lowest BCUT2D eigenvalue weighted by Gasteiger charge is -2.31. The van der Waals surface area contributed by atoms with Crippen LogP contribution < -0.4 is 16.4 Å². The highest BCUT2D eigenvalue weighted by atomic mass is 16.6. The number of hydrogen-bond donors (Lipinski definition) is 4. The largest absolute Gasteiger partial charge is 0.444 e. The molecule has 0 radical (unpaired) electrons. The van der Waals surface area contributed by atoms with Gasteiger partial charge in [0.15, 0.2) is 0 Å². The van der Waals surface area contributed by atoms with E-state index in [4.69, 9.17) is 15.9 Å². The summed E-state index contributed by atoms with van der Waals surface area (Å²) >= 11 is 0. The second-order valence-electron chi connectivity index (χ2n) is 10.2. The average Bonchev–Trinajstić information content (AvgIpc) is 3.25. The summed E-state index contributed by atoms with van der Waals surface area (Å²) in [5.41, 5.74) is 8.09. The maximum Gasteiger partial charge on any atom is 0.408 e. The van der Waals surface area contributed by atoms with Crippen LogP contribution in [0.5, 0.6) is 0 Å². The maximum absolute atomic E-state index is 13.3. The van der Waals surface area contributed by atoms with Crippen molar-refractivity contribution in [2.24, 2.45) is 11.7 Å². The highest BCUT2D eigenvalue weighted by Crippen LogP contribution is 2.21. The minimum atomic E-state index is -0.784. The highest BCUT2D eigenvalue weighted by molar-refractivity contribution is 6.09. The average molecular weight is 486 g/mol. The van der Waals surface area contributed by atoms with Crippen LogP contribution in [0.3, 0.4) is 0 Å². The number of nitrogens with one attached hydrogen (secondary N) is 3. The maximum atomic E-state index is 13.3. The number of nitrogens with zero attached hydrogens (tertiary/aromatic N) is 1. The van der Waals surface area contributed by atoms with Gasteiger partial charge in [-0.05, 0) is 57.6 Å². The minimum Gasteiger partial charge on any atom is -0.444 e. The molecule has 1 heterocycles. The number of rotatable bonds is 8. The first-order valence-corrected chi connectivity index (χ1v) is 12.0. The van der Waals surface area contributed by atoms with Crippen molar-refractivity contribution in [1.82, 2.24) is 15.5 Å². The van der Waals surface area contributed by atoms with Crippen molar-refractivity contribution in [1.29, 1.82) is 5.41 Å². The molecule has 2 unspecified atom stereocenters. The number of carbonyl (C=O) groups is 3. The first-order valence-electron chi connectivity index (χ1n) is 12.0. The van der Waals surface area contributed by atoms with E-state index in [0.29, 0.717) is 37.2 Å². The molecule has 0 spiro atoms. The Hall–Kier alpha value is -3.36. The van der Waals surface area contributed by atoms with Gasteiger partial charge in [-0.1, -0.05) is 38.1 Å². The van der Waals surface area contributed by atoms with Gasteiger partial charge in [0.2, 0.25) is 11.8 Å². The molecule has 2 atom stereocenters. The van der Waals surface area contributed by atoms with Gasteiger partial charge >= 0.3 is 6.09 Å². The fourth-order valence-corrected chi connectivity index (χ4v) is 3.96. The van der Waals surface area contributed by atoms with Crippen molar-refractivity contribution in [2.75, 3.05) is 6.54 Å². The van der Waals surface area contributed by atoms with Crippen molar-refractivity contribution in [3.63, 3.8) is 0 Å². The van der Waals surface area contributed by atoms with Crippen LogP contribution in [0.1, 0.15) is 65.5 Å². The Labute approximate surface area is 208 Å². The summed E-state index contributed by atoms with van der Waals surface area (Å²) in [6, 6.07) is 6.10. The van der Waals surface area contributed by atoms with E-state index in [1.807, 2.05) is 38.1 Å². The van der Waals surface area contributed by atoms with Crippen molar-refractivity contribution in [2.45, 2.75) is 78.6 Å². The number of benzene rings is 1. The Morgan fingerprint density at radius 3 is 2.37 bits per heavy atom. The third kappa shape index (κ3) is 7.83. The number of amides is 3. The second kappa shape index (κ2) is 11.9. The van der Waals surface area contributed by atoms with Gasteiger partial charge in [0.1, 0.15) is 17.7 Å². The van der Waals surface area contributed by atoms with Crippen molar-refractivity contribution in [3.8, 4) is 0 Å². The number of nitrogens with two attached hydrogens (primary N) is 1. The number of carbonyl (C=O) groups excluding carboxylic acids is 3. The summed E-state index contributed by atoms with van der Waals surface area (Å²) in [5.74, 6) is -0.677. The normalized spacial score (nSPS) is 17.5. The van der Waals surface area contributed by atoms with Gasteiger partial charge < -0.3 is 31.4 Å². The Morgan fingerprint density at radius 1 is 1.23 bits per heavy atom. The zero-order chi connectivity index (χ0) is 26.3. The van der Waals surface area contributed by atoms with Crippen LogP contribution in [0.2, 0.25) is 0 Å². The standard InChI is InChI=1S/C26H39N5O4/c1-16(2)22(30-25(34)35-26(4,5)6)24(33)31-13-7-8-21(31)23(32)29-15-18-9-11-19(12-10-18)20(14-27)17(3)28/h9-12,14,16,21-22,27H,7-8,13,15,28H2,1-6H3,(H,29,32)(H,30,34)/b20-17+,27-14?. The lowest BCUT2D eigenvalue weighted by atomic mass is 10.0. The topological polar surface area (TPSA) is 138 Å². The molecule has 0 saturated carbocycles. The number of ether oxygens (including phenoxy) is 1. The molecule has 0 aromatic heterocycles. The van der Waals surface area contributed by atoms with E-state index in [0.717, 1.165) is 11.1 Å². The molecular formula is C26H39N5O4. The number of hydrogen-bond acceptors (Lipinski definition) is 6. The Balaban J connectivity index is 2.03. The summed E-state index contributed by atoms with van der Waals surface area (Å²) in [4.78, 5) is 40.1. The highest BCUT2D eigenvalue weighted by Gasteiger charge is 2.39. The van der Waals surface area contributed by atoms with Crippen LogP contribution in [-0.4, -0.2) is 53.3 Å². The molecule has 35 heavy (non-hydrogen) atoms. The lowest BCUT2D eigenvalue weighted by Crippen LogP contribution is -2.55. The van der Waals surface area contributed by atoms with Crippen LogP contribution in [0.4, 0.5) is 4.79 Å². The van der Waals surface area contributed by atoms with E-state index in [9.17, 15) is 14.4 Å². The summed E-state index contributed by atoms with van der Waals surface area (Å²) in [5, 5.41) is 13.1. The molecule has 0 aliphatic carbocycles. The van der Waals surface area contributed by atoms with Crippen molar-refractivity contribution >= 4 is 29.7 Å². The van der Waals surface area contributed by atoms with E-state index in [1.165, 1.54) is 6.21 Å². The van der Waals surface area contributed by atoms with Gasteiger partial charge in [-0.2, -0.15) is 0 Å². The van der Waals surface area contributed by atoms with Gasteiger partial charge in [0, 0.05) is 30.6 Å². The monoisotopic (exact) mass is 485 g/mol. The van der Waals surface area contributed by atoms with Crippen LogP contribution in [0.15, 0.2) is 30.0 Å². The van der Waals surface area contributed by atoms with Crippen molar-refractivity contribution in [3.05, 3.63) is 41.1 Å². The molecule has 9 nitrogen and oxygen atoms in total. The third-order valence-corrected chi connectivity index (χ3v) is 5.74. The summed E-state index contributed by atoms with van der Waals surface area (Å²) in [6.45, 7) is 11.5. The van der Waals surface area contributed by atoms with Gasteiger partial charge in [-0.3, -0.25) is 9.59 Å². The molecule has 1 aromatic carbocycles. The molecule has 1 aliphatic rings. The van der Waals surface area contributed by atoms with Gasteiger partial charge in [-0.15, -0.1) is 0 Å². The summed E-state index contributed by atoms with van der Waals surface area (Å²) in [6.07, 6.45) is 1.85. The molecule has 9 heteroatoms. The van der Waals surface area contributed by atoms with E-state index in [-0.39, 0.29) is 17.7 Å².